The summed E-state index contributed by atoms with van der Waals surface area (Å²) < 4.78 is 0. The number of primary amides is 1. The highest BCUT2D eigenvalue weighted by molar-refractivity contribution is 6.21. The minimum Gasteiger partial charge on any atom is -0.481 e. The van der Waals surface area contributed by atoms with Crippen LogP contribution in [0.3, 0.4) is 0 Å². The van der Waals surface area contributed by atoms with Gasteiger partial charge in [-0.3, -0.25) is 14.5 Å². The molecule has 0 aromatic heterocycles. The summed E-state index contributed by atoms with van der Waals surface area (Å²) in [5.74, 6) is -1.46. The van der Waals surface area contributed by atoms with Gasteiger partial charge in [0, 0.05) is 23.9 Å². The number of benzene rings is 3. The van der Waals surface area contributed by atoms with Gasteiger partial charge in [0.05, 0.1) is 17.8 Å². The third kappa shape index (κ3) is 4.31. The Hall–Kier alpha value is -4.46. The number of carbonyl (C=O) groups excluding carboxylic acids is 2. The molecular weight excluding hydrogens is 420 g/mol. The Morgan fingerprint density at radius 1 is 1.03 bits per heavy atom. The van der Waals surface area contributed by atoms with Crippen LogP contribution in [0.15, 0.2) is 83.9 Å². The number of rotatable bonds is 5. The molecule has 166 valence electrons. The largest absolute Gasteiger partial charge is 0.481 e. The van der Waals surface area contributed by atoms with Crippen LogP contribution < -0.4 is 15.5 Å². The maximum atomic E-state index is 13.5. The molecule has 0 radical (unpaired) electrons. The summed E-state index contributed by atoms with van der Waals surface area (Å²) in [5.41, 5.74) is 9.20. The number of aliphatic carboxylic acids is 1. The van der Waals surface area contributed by atoms with Crippen molar-refractivity contribution in [2.24, 2.45) is 10.7 Å². The summed E-state index contributed by atoms with van der Waals surface area (Å²) in [7, 11) is 1.62. The third-order valence-corrected chi connectivity index (χ3v) is 5.40. The van der Waals surface area contributed by atoms with Crippen LogP contribution >= 0.6 is 0 Å². The molecule has 3 amide bonds. The van der Waals surface area contributed by atoms with Gasteiger partial charge >= 0.3 is 12.0 Å². The highest BCUT2D eigenvalue weighted by Crippen LogP contribution is 2.30. The predicted molar refractivity (Wildman–Crippen MR) is 126 cm³/mol. The van der Waals surface area contributed by atoms with Gasteiger partial charge < -0.3 is 15.7 Å². The van der Waals surface area contributed by atoms with Gasteiger partial charge in [0.15, 0.2) is 0 Å². The zero-order valence-electron chi connectivity index (χ0n) is 17.9. The lowest BCUT2D eigenvalue weighted by atomic mass is 10.0. The molecular formula is C25H22N4O4. The number of hydrogen-bond donors (Lipinski definition) is 2. The number of anilines is 2. The van der Waals surface area contributed by atoms with Gasteiger partial charge in [0.25, 0.3) is 5.91 Å². The van der Waals surface area contributed by atoms with Crippen molar-refractivity contribution in [3.05, 3.63) is 95.6 Å². The van der Waals surface area contributed by atoms with Crippen LogP contribution in [0.25, 0.3) is 0 Å². The van der Waals surface area contributed by atoms with Crippen molar-refractivity contribution in [3.63, 3.8) is 0 Å². The highest BCUT2D eigenvalue weighted by atomic mass is 16.4. The van der Waals surface area contributed by atoms with Crippen molar-refractivity contribution >= 4 is 35.0 Å². The zero-order valence-corrected chi connectivity index (χ0v) is 17.9. The molecule has 0 saturated heterocycles. The van der Waals surface area contributed by atoms with E-state index in [1.54, 1.807) is 25.2 Å². The minimum atomic E-state index is -1.28. The first-order valence-corrected chi connectivity index (χ1v) is 10.3. The Morgan fingerprint density at radius 3 is 2.42 bits per heavy atom. The molecule has 1 atom stereocenters. The predicted octanol–water partition coefficient (Wildman–Crippen LogP) is 3.04. The number of carboxylic acid groups (broad SMARTS) is 1. The molecule has 1 unspecified atom stereocenters. The minimum absolute atomic E-state index is 0.233. The lowest BCUT2D eigenvalue weighted by Crippen LogP contribution is -2.51. The normalized spacial score (nSPS) is 15.3. The van der Waals surface area contributed by atoms with Crippen LogP contribution in [-0.4, -0.2) is 41.9 Å². The van der Waals surface area contributed by atoms with E-state index >= 15 is 0 Å². The Morgan fingerprint density at radius 2 is 1.73 bits per heavy atom. The summed E-state index contributed by atoms with van der Waals surface area (Å²) in [5, 5.41) is 9.14. The molecule has 0 fully saturated rings. The molecule has 1 heterocycles. The summed E-state index contributed by atoms with van der Waals surface area (Å²) in [6, 6.07) is 22.2. The van der Waals surface area contributed by atoms with Crippen LogP contribution in [0.4, 0.5) is 16.2 Å². The van der Waals surface area contributed by atoms with Gasteiger partial charge in [-0.15, -0.1) is 0 Å². The summed E-state index contributed by atoms with van der Waals surface area (Å²) in [6.45, 7) is 0. The molecule has 8 heteroatoms. The molecule has 3 N–H and O–H groups in total. The van der Waals surface area contributed by atoms with Gasteiger partial charge in [-0.05, 0) is 23.8 Å². The Labute approximate surface area is 190 Å². The molecule has 8 nitrogen and oxygen atoms in total. The summed E-state index contributed by atoms with van der Waals surface area (Å²) in [6.07, 6.45) is -1.52. The van der Waals surface area contributed by atoms with E-state index in [1.165, 1.54) is 11.0 Å². The second-order valence-electron chi connectivity index (χ2n) is 7.58. The zero-order chi connectivity index (χ0) is 23.5. The van der Waals surface area contributed by atoms with Gasteiger partial charge in [-0.1, -0.05) is 60.7 Å². The first kappa shape index (κ1) is 21.8. The fraction of sp³-hybridized carbons (Fsp3) is 0.120. The number of benzodiazepines with no additional fused rings is 1. The van der Waals surface area contributed by atoms with Crippen LogP contribution in [0.5, 0.6) is 0 Å². The van der Waals surface area contributed by atoms with E-state index in [2.05, 4.69) is 0 Å². The lowest BCUT2D eigenvalue weighted by molar-refractivity contribution is -0.136. The van der Waals surface area contributed by atoms with Gasteiger partial charge in [-0.2, -0.15) is 0 Å². The number of fused-ring (bicyclic) bond motifs is 1. The van der Waals surface area contributed by atoms with Crippen molar-refractivity contribution in [3.8, 4) is 0 Å². The van der Waals surface area contributed by atoms with E-state index in [0.717, 1.165) is 16.0 Å². The number of carboxylic acids is 1. The number of aliphatic imine (C=N–C) groups is 1. The smallest absolute Gasteiger partial charge is 0.321 e. The molecule has 3 aromatic carbocycles. The second kappa shape index (κ2) is 8.96. The monoisotopic (exact) mass is 442 g/mol. The van der Waals surface area contributed by atoms with Gasteiger partial charge in [-0.25, -0.2) is 9.79 Å². The quantitative estimate of drug-likeness (QED) is 0.632. The number of urea groups is 1. The molecule has 0 bridgehead atoms. The standard InChI is InChI=1S/C25H22N4O4/c1-28-20-13-6-5-12-19(20)22(17-9-3-2-4-10-17)27-23(24(28)32)29(25(26)33)18-11-7-8-16(14-18)15-21(30)31/h2-14,23H,15H2,1H3,(H2,26,33)(H,30,31). The first-order valence-electron chi connectivity index (χ1n) is 10.3. The maximum Gasteiger partial charge on any atom is 0.321 e. The van der Waals surface area contributed by atoms with Crippen LogP contribution in [0.2, 0.25) is 0 Å². The van der Waals surface area contributed by atoms with Crippen LogP contribution in [0.1, 0.15) is 16.7 Å². The summed E-state index contributed by atoms with van der Waals surface area (Å²) >= 11 is 0. The number of carbonyl (C=O) groups is 3. The number of nitrogens with two attached hydrogens (primary N) is 1. The highest BCUT2D eigenvalue weighted by Gasteiger charge is 2.36. The number of amides is 3. The number of likely N-dealkylation sites (N-methyl/N-ethyl adjacent to an activating group) is 1. The van der Waals surface area contributed by atoms with Crippen molar-refractivity contribution in [2.75, 3.05) is 16.8 Å². The van der Waals surface area contributed by atoms with Crippen molar-refractivity contribution < 1.29 is 19.5 Å². The number of nitrogens with zero attached hydrogens (tertiary/aromatic N) is 3. The van der Waals surface area contributed by atoms with Gasteiger partial charge in [0.2, 0.25) is 6.17 Å². The van der Waals surface area contributed by atoms with E-state index in [9.17, 15) is 14.4 Å². The molecule has 0 saturated carbocycles. The average Bonchev–Trinajstić information content (AvgIpc) is 2.90. The average molecular weight is 442 g/mol. The molecule has 3 aromatic rings. The Kier molecular flexibility index (Phi) is 5.91. The summed E-state index contributed by atoms with van der Waals surface area (Å²) in [4.78, 5) is 44.6. The Bertz CT molecular complexity index is 1260. The maximum absolute atomic E-state index is 13.5. The topological polar surface area (TPSA) is 116 Å². The number of hydrogen-bond acceptors (Lipinski definition) is 4. The van der Waals surface area contributed by atoms with E-state index in [4.69, 9.17) is 15.8 Å². The second-order valence-corrected chi connectivity index (χ2v) is 7.58. The van der Waals surface area contributed by atoms with Crippen molar-refractivity contribution in [1.82, 2.24) is 0 Å². The Balaban J connectivity index is 1.90. The fourth-order valence-corrected chi connectivity index (χ4v) is 3.88. The molecule has 33 heavy (non-hydrogen) atoms. The third-order valence-electron chi connectivity index (χ3n) is 5.40. The van der Waals surface area contributed by atoms with Crippen LogP contribution in [0, 0.1) is 0 Å². The van der Waals surface area contributed by atoms with Crippen molar-refractivity contribution in [1.29, 1.82) is 0 Å². The molecule has 1 aliphatic heterocycles. The molecule has 0 aliphatic carbocycles. The van der Waals surface area contributed by atoms with Crippen molar-refractivity contribution in [2.45, 2.75) is 12.6 Å². The SMILES string of the molecule is CN1C(=O)C(N(C(N)=O)c2cccc(CC(=O)O)c2)N=C(c2ccccc2)c2ccccc21. The first-order chi connectivity index (χ1) is 15.9. The molecule has 4 rings (SSSR count). The van der Waals surface area contributed by atoms with E-state index in [1.807, 2.05) is 54.6 Å². The molecule has 0 spiro atoms. The van der Waals surface area contributed by atoms with E-state index in [0.29, 0.717) is 17.0 Å². The van der Waals surface area contributed by atoms with Crippen LogP contribution in [-0.2, 0) is 16.0 Å². The van der Waals surface area contributed by atoms with E-state index in [-0.39, 0.29) is 12.1 Å². The lowest BCUT2D eigenvalue weighted by Gasteiger charge is -2.29. The fourth-order valence-electron chi connectivity index (χ4n) is 3.88. The van der Waals surface area contributed by atoms with E-state index < -0.39 is 24.1 Å². The number of para-hydroxylation sites is 1. The van der Waals surface area contributed by atoms with Gasteiger partial charge in [0.1, 0.15) is 0 Å². The molecule has 1 aliphatic rings.